The van der Waals surface area contributed by atoms with E-state index >= 15 is 0 Å². The van der Waals surface area contributed by atoms with Gasteiger partial charge >= 0.3 is 0 Å². The molecule has 0 spiro atoms. The second-order valence-electron chi connectivity index (χ2n) is 20.9. The van der Waals surface area contributed by atoms with Gasteiger partial charge in [0, 0.05) is 0 Å². The Morgan fingerprint density at radius 2 is 0.385 bits per heavy atom. The predicted octanol–water partition coefficient (Wildman–Crippen LogP) is 22.4. The van der Waals surface area contributed by atoms with Crippen LogP contribution in [0, 0.1) is 0 Å². The van der Waals surface area contributed by atoms with Crippen LogP contribution in [-0.2, 0) is 0 Å². The molecule has 17 rings (SSSR count). The van der Waals surface area contributed by atoms with Gasteiger partial charge in [-0.25, -0.2) is 0 Å². The summed E-state index contributed by atoms with van der Waals surface area (Å²) in [6.07, 6.45) is 0. The van der Waals surface area contributed by atoms with E-state index < -0.39 is 0 Å². The van der Waals surface area contributed by atoms with Crippen molar-refractivity contribution in [3.63, 3.8) is 0 Å². The van der Waals surface area contributed by atoms with E-state index in [9.17, 15) is 0 Å². The van der Waals surface area contributed by atoms with Gasteiger partial charge in [0.1, 0.15) is 0 Å². The lowest BCUT2D eigenvalue weighted by molar-refractivity contribution is 1.50. The zero-order valence-electron chi connectivity index (χ0n) is 43.4. The van der Waals surface area contributed by atoms with Gasteiger partial charge in [0.15, 0.2) is 0 Å². The monoisotopic (exact) mass is 986 g/mol. The van der Waals surface area contributed by atoms with Crippen LogP contribution in [0.15, 0.2) is 267 Å². The topological polar surface area (TPSA) is 0 Å². The summed E-state index contributed by atoms with van der Waals surface area (Å²) in [6, 6.07) is 100. The van der Waals surface area contributed by atoms with E-state index in [0.717, 1.165) is 0 Å². The molecule has 0 fully saturated rings. The highest BCUT2D eigenvalue weighted by molar-refractivity contribution is 6.42. The Balaban J connectivity index is 0.00000252. The lowest BCUT2D eigenvalue weighted by Crippen LogP contribution is -1.94. The van der Waals surface area contributed by atoms with Gasteiger partial charge in [-0.05, 0) is 188 Å². The van der Waals surface area contributed by atoms with Crippen LogP contribution in [0.2, 0.25) is 0 Å². The smallest absolute Gasteiger partial charge is 0.000740 e. The maximum absolute atomic E-state index is 2.46. The highest BCUT2D eigenvalue weighted by Gasteiger charge is 2.35. The van der Waals surface area contributed by atoms with Crippen LogP contribution in [-0.4, -0.2) is 0 Å². The Hall–Kier alpha value is -9.88. The minimum Gasteiger partial charge on any atom is -0.0683 e. The molecule has 0 bridgehead atoms. The summed E-state index contributed by atoms with van der Waals surface area (Å²) < 4.78 is 0. The van der Waals surface area contributed by atoms with Crippen molar-refractivity contribution in [1.82, 2.24) is 0 Å². The highest BCUT2D eigenvalue weighted by atomic mass is 14.4. The average Bonchev–Trinajstić information content (AvgIpc) is 3.20. The molecule has 0 atom stereocenters. The van der Waals surface area contributed by atoms with Crippen LogP contribution < -0.4 is 0 Å². The van der Waals surface area contributed by atoms with E-state index in [1.54, 1.807) is 0 Å². The number of fused-ring (bicyclic) bond motifs is 10. The Morgan fingerprint density at radius 3 is 0.654 bits per heavy atom. The summed E-state index contributed by atoms with van der Waals surface area (Å²) in [7, 11) is 0. The minimum atomic E-state index is 1.22. The van der Waals surface area contributed by atoms with Crippen molar-refractivity contribution in [3.05, 3.63) is 267 Å². The van der Waals surface area contributed by atoms with Crippen molar-refractivity contribution in [2.75, 3.05) is 0 Å². The maximum Gasteiger partial charge on any atom is -0.000740 e. The fourth-order valence-electron chi connectivity index (χ4n) is 14.0. The number of hydrogen-bond acceptors (Lipinski definition) is 0. The molecule has 15 aromatic carbocycles. The maximum atomic E-state index is 2.46. The highest BCUT2D eigenvalue weighted by Crippen LogP contribution is 2.63. The Kier molecular flexibility index (Phi) is 9.87. The van der Waals surface area contributed by atoms with Gasteiger partial charge in [-0.15, -0.1) is 0 Å². The molecule has 15 aromatic rings. The molecule has 0 nitrogen and oxygen atoms in total. The third kappa shape index (κ3) is 6.23. The summed E-state index contributed by atoms with van der Waals surface area (Å²) >= 11 is 0. The molecule has 362 valence electrons. The molecular weight excluding hydrogens is 937 g/mol. The second-order valence-corrected chi connectivity index (χ2v) is 20.9. The van der Waals surface area contributed by atoms with Gasteiger partial charge in [-0.2, -0.15) is 0 Å². The number of hydrogen-bond donors (Lipinski definition) is 0. The largest absolute Gasteiger partial charge is 0.0683 e. The van der Waals surface area contributed by atoms with Gasteiger partial charge in [0.25, 0.3) is 0 Å². The van der Waals surface area contributed by atoms with E-state index in [1.807, 2.05) is 13.8 Å². The first-order valence-corrected chi connectivity index (χ1v) is 27.6. The fourth-order valence-corrected chi connectivity index (χ4v) is 14.0. The van der Waals surface area contributed by atoms with Crippen LogP contribution in [0.5, 0.6) is 0 Å². The van der Waals surface area contributed by atoms with Gasteiger partial charge < -0.3 is 0 Å². The first kappa shape index (κ1) is 44.4. The third-order valence-electron chi connectivity index (χ3n) is 17.1. The van der Waals surface area contributed by atoms with E-state index in [0.29, 0.717) is 0 Å². The normalized spacial score (nSPS) is 12.0. The molecule has 0 aromatic heterocycles. The molecule has 78 heavy (non-hydrogen) atoms. The fraction of sp³-hybridized carbons (Fsp3) is 0.0256. The van der Waals surface area contributed by atoms with Crippen LogP contribution in [0.25, 0.3) is 176 Å². The summed E-state index contributed by atoms with van der Waals surface area (Å²) in [4.78, 5) is 0. The average molecular weight is 987 g/mol. The van der Waals surface area contributed by atoms with Crippen molar-refractivity contribution in [1.29, 1.82) is 0 Å². The zero-order chi connectivity index (χ0) is 51.6. The van der Waals surface area contributed by atoms with Crippen LogP contribution in [0.3, 0.4) is 0 Å². The van der Waals surface area contributed by atoms with E-state index in [2.05, 4.69) is 267 Å². The summed E-state index contributed by atoms with van der Waals surface area (Å²) in [6.45, 7) is 4.00. The summed E-state index contributed by atoms with van der Waals surface area (Å²) in [5.41, 5.74) is 25.5. The zero-order valence-corrected chi connectivity index (χ0v) is 43.4. The van der Waals surface area contributed by atoms with Crippen molar-refractivity contribution >= 4 is 64.6 Å². The van der Waals surface area contributed by atoms with Gasteiger partial charge in [0.05, 0.1) is 0 Å². The summed E-state index contributed by atoms with van der Waals surface area (Å²) in [5, 5.41) is 15.7. The van der Waals surface area contributed by atoms with Crippen molar-refractivity contribution in [2.24, 2.45) is 0 Å². The molecule has 0 heterocycles. The molecule has 0 N–H and O–H groups in total. The van der Waals surface area contributed by atoms with Gasteiger partial charge in [0.2, 0.25) is 0 Å². The molecule has 0 aliphatic heterocycles. The molecular formula is C78H50. The Labute approximate surface area is 454 Å². The standard InChI is InChI=1S/C76H44.C2H6/c1-7-19-45(20-8-1)51-31-33-57-63(43-51)67(49-27-15-5-16-28-49)75-61-41-37-55-54-36-40-60-72-62(42-38-56(70(54)72)53-35-39-59(71(61)69(53)55)73(75)65(57)47-23-11-3-12-24-47)76-68(50-29-17-6-18-30-50)64-44-52(46-21-9-2-10-22-46)32-34-58(64)66(74(60)76)48-25-13-4-14-26-48;1-2/h1-44H;1-2H3. The van der Waals surface area contributed by atoms with E-state index in [1.165, 1.54) is 176 Å². The quantitative estimate of drug-likeness (QED) is 0.115. The van der Waals surface area contributed by atoms with Crippen molar-refractivity contribution in [2.45, 2.75) is 13.8 Å². The molecule has 0 radical (unpaired) electrons. The second kappa shape index (κ2) is 17.3. The van der Waals surface area contributed by atoms with Gasteiger partial charge in [-0.1, -0.05) is 269 Å². The van der Waals surface area contributed by atoms with E-state index in [4.69, 9.17) is 0 Å². The number of rotatable bonds is 6. The molecule has 2 aliphatic rings. The number of benzene rings is 15. The Bertz CT molecular complexity index is 4570. The molecule has 0 unspecified atom stereocenters. The van der Waals surface area contributed by atoms with Crippen molar-refractivity contribution < 1.29 is 0 Å². The molecule has 0 saturated heterocycles. The minimum absolute atomic E-state index is 1.22. The Morgan fingerprint density at radius 1 is 0.154 bits per heavy atom. The molecule has 0 heteroatoms. The first-order valence-electron chi connectivity index (χ1n) is 27.6. The first-order chi connectivity index (χ1) is 38.8. The van der Waals surface area contributed by atoms with Crippen LogP contribution in [0.1, 0.15) is 13.8 Å². The van der Waals surface area contributed by atoms with Crippen LogP contribution >= 0.6 is 0 Å². The molecule has 2 aliphatic carbocycles. The SMILES string of the molecule is CC.c1ccc(-c2ccc3c(-c4ccccc4)c4c(c(-c5ccccc5)c3c2)-c2ccc3c5ccc6c7c(ccc(c8ccc-4c2c83)c75)-c2c-6c(-c3ccccc3)c3ccc(-c4ccccc4)cc3c2-c2ccccc2)cc1. The predicted molar refractivity (Wildman–Crippen MR) is 335 cm³/mol. The lowest BCUT2D eigenvalue weighted by atomic mass is 9.82. The third-order valence-corrected chi connectivity index (χ3v) is 17.1. The molecule has 0 amide bonds. The van der Waals surface area contributed by atoms with E-state index in [-0.39, 0.29) is 0 Å². The molecule has 0 saturated carbocycles. The summed E-state index contributed by atoms with van der Waals surface area (Å²) in [5.74, 6) is 0. The van der Waals surface area contributed by atoms with Gasteiger partial charge in [-0.3, -0.25) is 0 Å². The lowest BCUT2D eigenvalue weighted by Gasteiger charge is -2.21. The van der Waals surface area contributed by atoms with Crippen molar-refractivity contribution in [3.8, 4) is 111 Å². The van der Waals surface area contributed by atoms with Crippen LogP contribution in [0.4, 0.5) is 0 Å².